The normalized spacial score (nSPS) is 17.4. The number of halogens is 3. The topological polar surface area (TPSA) is 51.0 Å². The summed E-state index contributed by atoms with van der Waals surface area (Å²) in [7, 11) is 0. The highest BCUT2D eigenvalue weighted by atomic mass is 19.4. The maximum absolute atomic E-state index is 13.3. The molecule has 1 N–H and O–H groups in total. The van der Waals surface area contributed by atoms with E-state index < -0.39 is 11.7 Å². The number of hydrogen-bond donors (Lipinski definition) is 1. The van der Waals surface area contributed by atoms with Crippen molar-refractivity contribution in [3.05, 3.63) is 47.8 Å². The van der Waals surface area contributed by atoms with Gasteiger partial charge in [0.1, 0.15) is 18.9 Å². The van der Waals surface area contributed by atoms with Gasteiger partial charge in [0.25, 0.3) is 0 Å². The van der Waals surface area contributed by atoms with Crippen LogP contribution in [0.1, 0.15) is 11.3 Å². The summed E-state index contributed by atoms with van der Waals surface area (Å²) in [6.07, 6.45) is -3.27. The average Bonchev–Trinajstić information content (AvgIpc) is 3.11. The van der Waals surface area contributed by atoms with Crippen LogP contribution < -0.4 is 14.8 Å². The summed E-state index contributed by atoms with van der Waals surface area (Å²) in [4.78, 5) is 6.90. The van der Waals surface area contributed by atoms with Crippen molar-refractivity contribution in [1.82, 2.24) is 19.6 Å². The van der Waals surface area contributed by atoms with Gasteiger partial charge in [-0.05, 0) is 30.3 Å². The fourth-order valence-corrected chi connectivity index (χ4v) is 3.91. The van der Waals surface area contributed by atoms with Crippen molar-refractivity contribution in [2.75, 3.05) is 39.4 Å². The number of hydrogen-bond acceptors (Lipinski definition) is 5. The number of alkyl halides is 3. The molecule has 0 aliphatic carbocycles. The summed E-state index contributed by atoms with van der Waals surface area (Å²) in [6.45, 7) is 4.82. The summed E-state index contributed by atoms with van der Waals surface area (Å²) in [5.41, 5.74) is 1.97. The number of nitrogens with one attached hydrogen (secondary N) is 1. The van der Waals surface area contributed by atoms with Crippen molar-refractivity contribution in [2.45, 2.75) is 12.7 Å². The Labute approximate surface area is 171 Å². The molecule has 0 atom stereocenters. The first-order valence-electron chi connectivity index (χ1n) is 9.90. The quantitative estimate of drug-likeness (QED) is 0.708. The molecule has 158 valence electrons. The van der Waals surface area contributed by atoms with Crippen LogP contribution in [0.25, 0.3) is 16.9 Å². The van der Waals surface area contributed by atoms with Crippen LogP contribution in [0, 0.1) is 0 Å². The van der Waals surface area contributed by atoms with E-state index in [4.69, 9.17) is 9.47 Å². The van der Waals surface area contributed by atoms with Gasteiger partial charge >= 0.3 is 6.18 Å². The number of benzene rings is 1. The number of rotatable bonds is 3. The molecule has 0 unspecified atom stereocenters. The Morgan fingerprint density at radius 2 is 1.77 bits per heavy atom. The minimum Gasteiger partial charge on any atom is -0.486 e. The molecule has 30 heavy (non-hydrogen) atoms. The van der Waals surface area contributed by atoms with Gasteiger partial charge in [-0.15, -0.1) is 0 Å². The molecule has 3 aromatic rings. The fraction of sp³-hybridized carbons (Fsp3) is 0.381. The summed E-state index contributed by atoms with van der Waals surface area (Å²) >= 11 is 0. The lowest BCUT2D eigenvalue weighted by atomic mass is 10.1. The van der Waals surface area contributed by atoms with Gasteiger partial charge in [-0.1, -0.05) is 0 Å². The molecule has 1 fully saturated rings. The highest BCUT2D eigenvalue weighted by Crippen LogP contribution is 2.37. The van der Waals surface area contributed by atoms with Crippen LogP contribution in [-0.4, -0.2) is 53.7 Å². The smallest absolute Gasteiger partial charge is 0.417 e. The van der Waals surface area contributed by atoms with Crippen molar-refractivity contribution in [3.63, 3.8) is 0 Å². The molecule has 5 rings (SSSR count). The Morgan fingerprint density at radius 1 is 1.00 bits per heavy atom. The van der Waals surface area contributed by atoms with Crippen LogP contribution in [0.4, 0.5) is 13.2 Å². The SMILES string of the molecule is FC(F)(F)c1ccc2nc(-c3ccc4c(c3)OCCO4)c(CN3CCNCC3)n2c1. The molecule has 2 aromatic heterocycles. The molecule has 0 saturated carbocycles. The van der Waals surface area contributed by atoms with Gasteiger partial charge in [0.15, 0.2) is 11.5 Å². The Bertz CT molecular complexity index is 1070. The molecule has 0 amide bonds. The molecular formula is C21H21F3N4O2. The van der Waals surface area contributed by atoms with Crippen LogP contribution >= 0.6 is 0 Å². The Balaban J connectivity index is 1.63. The largest absolute Gasteiger partial charge is 0.486 e. The van der Waals surface area contributed by atoms with E-state index in [0.29, 0.717) is 42.6 Å². The Kier molecular flexibility index (Phi) is 4.79. The predicted molar refractivity (Wildman–Crippen MR) is 105 cm³/mol. The fourth-order valence-electron chi connectivity index (χ4n) is 3.91. The minimum absolute atomic E-state index is 0.462. The number of piperazine rings is 1. The van der Waals surface area contributed by atoms with Crippen molar-refractivity contribution in [2.24, 2.45) is 0 Å². The molecule has 4 heterocycles. The van der Waals surface area contributed by atoms with Gasteiger partial charge < -0.3 is 19.2 Å². The van der Waals surface area contributed by atoms with Crippen molar-refractivity contribution in [3.8, 4) is 22.8 Å². The van der Waals surface area contributed by atoms with Gasteiger partial charge in [0.05, 0.1) is 17.0 Å². The summed E-state index contributed by atoms with van der Waals surface area (Å²) in [5, 5.41) is 3.30. The molecular weight excluding hydrogens is 397 g/mol. The average molecular weight is 418 g/mol. The van der Waals surface area contributed by atoms with E-state index >= 15 is 0 Å². The van der Waals surface area contributed by atoms with E-state index in [-0.39, 0.29) is 0 Å². The minimum atomic E-state index is -4.41. The maximum Gasteiger partial charge on any atom is 0.417 e. The van der Waals surface area contributed by atoms with E-state index in [0.717, 1.165) is 49.7 Å². The number of aromatic nitrogens is 2. The third kappa shape index (κ3) is 3.59. The highest BCUT2D eigenvalue weighted by Gasteiger charge is 2.31. The second-order valence-corrected chi connectivity index (χ2v) is 7.44. The first-order valence-corrected chi connectivity index (χ1v) is 9.90. The number of fused-ring (bicyclic) bond motifs is 2. The van der Waals surface area contributed by atoms with Crippen LogP contribution in [0.15, 0.2) is 36.5 Å². The standard InChI is InChI=1S/C21H21F3N4O2/c22-21(23,24)15-2-4-19-26-20(14-1-3-17-18(11-14)30-10-9-29-17)16(28(19)12-15)13-27-7-5-25-6-8-27/h1-4,11-12,25H,5-10,13H2. The molecule has 1 aromatic carbocycles. The van der Waals surface area contributed by atoms with Crippen LogP contribution in [0.2, 0.25) is 0 Å². The number of ether oxygens (including phenoxy) is 2. The van der Waals surface area contributed by atoms with Gasteiger partial charge in [-0.3, -0.25) is 4.90 Å². The molecule has 9 heteroatoms. The van der Waals surface area contributed by atoms with Gasteiger partial charge in [0.2, 0.25) is 0 Å². The van der Waals surface area contributed by atoms with Crippen molar-refractivity contribution >= 4 is 5.65 Å². The first kappa shape index (κ1) is 19.2. The van der Waals surface area contributed by atoms with E-state index in [2.05, 4.69) is 15.2 Å². The lowest BCUT2D eigenvalue weighted by Crippen LogP contribution is -2.43. The second-order valence-electron chi connectivity index (χ2n) is 7.44. The lowest BCUT2D eigenvalue weighted by molar-refractivity contribution is -0.137. The van der Waals surface area contributed by atoms with E-state index in [9.17, 15) is 13.2 Å². The third-order valence-corrected chi connectivity index (χ3v) is 5.44. The van der Waals surface area contributed by atoms with E-state index in [1.54, 1.807) is 4.40 Å². The molecule has 2 aliphatic rings. The Hall–Kier alpha value is -2.78. The predicted octanol–water partition coefficient (Wildman–Crippen LogP) is 3.20. The van der Waals surface area contributed by atoms with Crippen LogP contribution in [0.5, 0.6) is 11.5 Å². The Morgan fingerprint density at radius 3 is 2.53 bits per heavy atom. The zero-order valence-electron chi connectivity index (χ0n) is 16.2. The first-order chi connectivity index (χ1) is 14.5. The van der Waals surface area contributed by atoms with Gasteiger partial charge in [-0.25, -0.2) is 4.98 Å². The van der Waals surface area contributed by atoms with E-state index in [1.165, 1.54) is 6.07 Å². The molecule has 0 radical (unpaired) electrons. The van der Waals surface area contributed by atoms with Crippen LogP contribution in [-0.2, 0) is 12.7 Å². The van der Waals surface area contributed by atoms with Crippen molar-refractivity contribution < 1.29 is 22.6 Å². The zero-order chi connectivity index (χ0) is 20.7. The number of nitrogens with zero attached hydrogens (tertiary/aromatic N) is 3. The molecule has 1 saturated heterocycles. The van der Waals surface area contributed by atoms with Crippen LogP contribution in [0.3, 0.4) is 0 Å². The number of imidazole rings is 1. The third-order valence-electron chi connectivity index (χ3n) is 5.44. The summed E-state index contributed by atoms with van der Waals surface area (Å²) in [5.74, 6) is 1.29. The zero-order valence-corrected chi connectivity index (χ0v) is 16.2. The second kappa shape index (κ2) is 7.48. The highest BCUT2D eigenvalue weighted by molar-refractivity contribution is 5.70. The van der Waals surface area contributed by atoms with E-state index in [1.807, 2.05) is 18.2 Å². The summed E-state index contributed by atoms with van der Waals surface area (Å²) < 4.78 is 52.9. The summed E-state index contributed by atoms with van der Waals surface area (Å²) in [6, 6.07) is 8.04. The molecule has 0 bridgehead atoms. The number of pyridine rings is 1. The maximum atomic E-state index is 13.3. The molecule has 0 spiro atoms. The molecule has 2 aliphatic heterocycles. The lowest BCUT2D eigenvalue weighted by Gasteiger charge is -2.27. The van der Waals surface area contributed by atoms with Gasteiger partial charge in [0, 0.05) is 44.5 Å². The van der Waals surface area contributed by atoms with Gasteiger partial charge in [-0.2, -0.15) is 13.2 Å². The van der Waals surface area contributed by atoms with Crippen molar-refractivity contribution in [1.29, 1.82) is 0 Å². The monoisotopic (exact) mass is 418 g/mol. The molecule has 6 nitrogen and oxygen atoms in total.